The number of nitrogens with zero attached hydrogens (tertiary/aromatic N) is 1. The molecular formula is C10H20ClNO. The van der Waals surface area contributed by atoms with Crippen LogP contribution in [0.15, 0.2) is 0 Å². The van der Waals surface area contributed by atoms with Gasteiger partial charge in [-0.2, -0.15) is 0 Å². The molecule has 1 saturated heterocycles. The third-order valence-corrected chi connectivity index (χ3v) is 2.99. The van der Waals surface area contributed by atoms with Crippen LogP contribution in [0.2, 0.25) is 0 Å². The van der Waals surface area contributed by atoms with Crippen LogP contribution in [0.3, 0.4) is 0 Å². The first-order valence-corrected chi connectivity index (χ1v) is 5.23. The van der Waals surface area contributed by atoms with Crippen LogP contribution in [0.4, 0.5) is 0 Å². The van der Waals surface area contributed by atoms with Crippen molar-refractivity contribution >= 4 is 11.6 Å². The van der Waals surface area contributed by atoms with Crippen molar-refractivity contribution in [1.29, 1.82) is 0 Å². The molecule has 0 unspecified atom stereocenters. The van der Waals surface area contributed by atoms with Gasteiger partial charge in [-0.25, -0.2) is 0 Å². The fourth-order valence-electron chi connectivity index (χ4n) is 2.07. The van der Waals surface area contributed by atoms with E-state index < -0.39 is 0 Å². The predicted octanol–water partition coefficient (Wildman–Crippen LogP) is 2.11. The van der Waals surface area contributed by atoms with Crippen LogP contribution in [0, 0.1) is 0 Å². The van der Waals surface area contributed by atoms with Crippen LogP contribution >= 0.6 is 11.6 Å². The van der Waals surface area contributed by atoms with Crippen LogP contribution in [0.25, 0.3) is 0 Å². The zero-order valence-electron chi connectivity index (χ0n) is 9.17. The van der Waals surface area contributed by atoms with Gasteiger partial charge in [-0.3, -0.25) is 4.90 Å². The number of ether oxygens (including phenoxy) is 1. The molecular weight excluding hydrogens is 186 g/mol. The van der Waals surface area contributed by atoms with E-state index in [9.17, 15) is 0 Å². The van der Waals surface area contributed by atoms with Gasteiger partial charge in [0.25, 0.3) is 0 Å². The molecule has 1 fully saturated rings. The molecule has 1 heterocycles. The molecule has 0 aromatic rings. The molecule has 0 saturated carbocycles. The maximum absolute atomic E-state index is 6.33. The molecule has 0 aromatic heterocycles. The molecule has 0 N–H and O–H groups in total. The Morgan fingerprint density at radius 3 is 2.31 bits per heavy atom. The molecule has 1 aliphatic heterocycles. The molecule has 0 aromatic carbocycles. The third-order valence-electron chi connectivity index (χ3n) is 2.77. The predicted molar refractivity (Wildman–Crippen MR) is 56.4 cm³/mol. The first-order chi connectivity index (χ1) is 5.88. The summed E-state index contributed by atoms with van der Waals surface area (Å²) >= 11 is 6.33. The van der Waals surface area contributed by atoms with Crippen molar-refractivity contribution in [2.24, 2.45) is 0 Å². The number of rotatable bonds is 3. The third kappa shape index (κ3) is 2.17. The van der Waals surface area contributed by atoms with Gasteiger partial charge in [0.15, 0.2) is 0 Å². The summed E-state index contributed by atoms with van der Waals surface area (Å²) in [7, 11) is 1.76. The zero-order chi connectivity index (χ0) is 10.2. The summed E-state index contributed by atoms with van der Waals surface area (Å²) in [5, 5.41) is 0. The lowest BCUT2D eigenvalue weighted by atomic mass is 9.87. The second-order valence-corrected chi connectivity index (χ2v) is 5.55. The smallest absolute Gasteiger partial charge is 0.0870 e. The first-order valence-electron chi connectivity index (χ1n) is 4.85. The fraction of sp³-hybridized carbons (Fsp3) is 1.00. The van der Waals surface area contributed by atoms with Crippen LogP contribution in [0.5, 0.6) is 0 Å². The Balaban J connectivity index is 2.65. The minimum Gasteiger partial charge on any atom is -0.378 e. The van der Waals surface area contributed by atoms with Crippen LogP contribution < -0.4 is 0 Å². The zero-order valence-corrected chi connectivity index (χ0v) is 9.93. The molecule has 78 valence electrons. The number of hydrogen-bond acceptors (Lipinski definition) is 2. The van der Waals surface area contributed by atoms with Crippen molar-refractivity contribution in [2.45, 2.75) is 50.8 Å². The normalized spacial score (nSPS) is 30.7. The van der Waals surface area contributed by atoms with E-state index in [1.54, 1.807) is 7.11 Å². The molecule has 2 atom stereocenters. The first kappa shape index (κ1) is 11.3. The molecule has 0 spiro atoms. The number of hydrogen-bond donors (Lipinski definition) is 0. The lowest BCUT2D eigenvalue weighted by molar-refractivity contribution is -0.111. The highest BCUT2D eigenvalue weighted by Gasteiger charge is 2.48. The van der Waals surface area contributed by atoms with Crippen LogP contribution in [-0.4, -0.2) is 41.6 Å². The van der Waals surface area contributed by atoms with Gasteiger partial charge >= 0.3 is 0 Å². The van der Waals surface area contributed by atoms with Crippen molar-refractivity contribution in [3.8, 4) is 0 Å². The summed E-state index contributed by atoms with van der Waals surface area (Å²) in [6, 6.07) is 0.897. The Kier molecular flexibility index (Phi) is 3.26. The summed E-state index contributed by atoms with van der Waals surface area (Å²) in [5.74, 6) is 0. The van der Waals surface area contributed by atoms with Gasteiger partial charge in [0.2, 0.25) is 0 Å². The summed E-state index contributed by atoms with van der Waals surface area (Å²) < 4.78 is 5.38. The monoisotopic (exact) mass is 205 g/mol. The number of likely N-dealkylation sites (tertiary alicyclic amines) is 1. The quantitative estimate of drug-likeness (QED) is 0.655. The largest absolute Gasteiger partial charge is 0.378 e. The molecule has 2 nitrogen and oxygen atoms in total. The van der Waals surface area contributed by atoms with Crippen molar-refractivity contribution < 1.29 is 4.74 Å². The van der Waals surface area contributed by atoms with Gasteiger partial charge < -0.3 is 4.74 Å². The highest BCUT2D eigenvalue weighted by molar-refractivity contribution is 6.24. The average Bonchev–Trinajstić information content (AvgIpc) is 1.80. The van der Waals surface area contributed by atoms with Gasteiger partial charge in [0.05, 0.1) is 17.0 Å². The van der Waals surface area contributed by atoms with Gasteiger partial charge in [-0.1, -0.05) is 0 Å². The molecule has 0 aliphatic carbocycles. The molecule has 1 aliphatic rings. The van der Waals surface area contributed by atoms with E-state index in [0.717, 1.165) is 6.54 Å². The number of halogens is 1. The maximum Gasteiger partial charge on any atom is 0.0870 e. The van der Waals surface area contributed by atoms with E-state index in [1.807, 2.05) is 0 Å². The van der Waals surface area contributed by atoms with Crippen molar-refractivity contribution in [2.75, 3.05) is 13.7 Å². The topological polar surface area (TPSA) is 12.5 Å². The van der Waals surface area contributed by atoms with Crippen LogP contribution in [0.1, 0.15) is 27.7 Å². The van der Waals surface area contributed by atoms with Crippen molar-refractivity contribution in [3.05, 3.63) is 0 Å². The fourth-order valence-corrected chi connectivity index (χ4v) is 2.33. The Hall–Kier alpha value is 0.210. The van der Waals surface area contributed by atoms with E-state index in [1.165, 1.54) is 0 Å². The van der Waals surface area contributed by atoms with Crippen LogP contribution in [-0.2, 0) is 4.74 Å². The van der Waals surface area contributed by atoms with Crippen molar-refractivity contribution in [1.82, 2.24) is 4.90 Å². The van der Waals surface area contributed by atoms with E-state index >= 15 is 0 Å². The minimum absolute atomic E-state index is 0.205. The lowest BCUT2D eigenvalue weighted by Gasteiger charge is -2.54. The second-order valence-electron chi connectivity index (χ2n) is 4.57. The lowest BCUT2D eigenvalue weighted by Crippen LogP contribution is -2.69. The van der Waals surface area contributed by atoms with Gasteiger partial charge in [0.1, 0.15) is 0 Å². The highest BCUT2D eigenvalue weighted by atomic mass is 35.5. The van der Waals surface area contributed by atoms with Crippen molar-refractivity contribution in [3.63, 3.8) is 0 Å². The standard InChI is InChI=1S/C10H20ClNO/c1-7(2)12-6-8(13-5)9(12)10(3,4)11/h7-9H,6H2,1-5H3/t8-,9+/m1/s1. The molecule has 1 rings (SSSR count). The molecule has 13 heavy (non-hydrogen) atoms. The summed E-state index contributed by atoms with van der Waals surface area (Å²) in [5.41, 5.74) is 0. The minimum atomic E-state index is -0.205. The van der Waals surface area contributed by atoms with E-state index in [4.69, 9.17) is 16.3 Å². The second kappa shape index (κ2) is 3.76. The highest BCUT2D eigenvalue weighted by Crippen LogP contribution is 2.35. The Bertz CT molecular complexity index is 176. The maximum atomic E-state index is 6.33. The van der Waals surface area contributed by atoms with E-state index in [-0.39, 0.29) is 4.87 Å². The summed E-state index contributed by atoms with van der Waals surface area (Å²) in [6.45, 7) is 9.51. The number of methoxy groups -OCH3 is 1. The van der Waals surface area contributed by atoms with Gasteiger partial charge in [-0.05, 0) is 27.7 Å². The van der Waals surface area contributed by atoms with Gasteiger partial charge in [0, 0.05) is 19.7 Å². The Labute approximate surface area is 86.2 Å². The number of alkyl halides is 1. The molecule has 0 radical (unpaired) electrons. The van der Waals surface area contributed by atoms with E-state index in [2.05, 4.69) is 32.6 Å². The Morgan fingerprint density at radius 2 is 2.00 bits per heavy atom. The van der Waals surface area contributed by atoms with E-state index in [0.29, 0.717) is 18.2 Å². The Morgan fingerprint density at radius 1 is 1.46 bits per heavy atom. The molecule has 0 amide bonds. The molecule has 0 bridgehead atoms. The SMILES string of the molecule is CO[C@@H]1CN(C(C)C)[C@@H]1C(C)(C)Cl. The average molecular weight is 206 g/mol. The summed E-state index contributed by atoms with van der Waals surface area (Å²) in [6.07, 6.45) is 0.301. The van der Waals surface area contributed by atoms with Gasteiger partial charge in [-0.15, -0.1) is 11.6 Å². The molecule has 3 heteroatoms. The summed E-state index contributed by atoms with van der Waals surface area (Å²) in [4.78, 5) is 2.18.